The minimum atomic E-state index is -0.266. The van der Waals surface area contributed by atoms with Gasteiger partial charge in [-0.05, 0) is 24.6 Å². The first-order valence-corrected chi connectivity index (χ1v) is 9.72. The number of benzene rings is 1. The Hall–Kier alpha value is -3.20. The number of nitrogens with one attached hydrogen (secondary N) is 3. The van der Waals surface area contributed by atoms with Gasteiger partial charge in [0, 0.05) is 44.4 Å². The molecule has 1 saturated heterocycles. The Bertz CT molecular complexity index is 1030. The van der Waals surface area contributed by atoms with Gasteiger partial charge in [0.05, 0.1) is 10.2 Å². The van der Waals surface area contributed by atoms with Gasteiger partial charge < -0.3 is 20.7 Å². The van der Waals surface area contributed by atoms with Crippen LogP contribution < -0.4 is 20.7 Å². The highest BCUT2D eigenvalue weighted by atomic mass is 32.1. The Morgan fingerprint density at radius 2 is 2.14 bits per heavy atom. The number of piperidine rings is 1. The van der Waals surface area contributed by atoms with Crippen molar-refractivity contribution in [2.45, 2.75) is 18.9 Å². The molecule has 144 valence electrons. The molecule has 2 amide bonds. The molecule has 9 heteroatoms. The van der Waals surface area contributed by atoms with Gasteiger partial charge in [0.2, 0.25) is 5.91 Å². The van der Waals surface area contributed by atoms with Gasteiger partial charge in [0.1, 0.15) is 17.2 Å². The summed E-state index contributed by atoms with van der Waals surface area (Å²) in [6, 6.07) is 9.14. The molecular formula is C19H19N5O3S. The highest BCUT2D eigenvalue weighted by molar-refractivity contribution is 7.22. The number of fused-ring (bicyclic) bond motifs is 1. The van der Waals surface area contributed by atoms with Gasteiger partial charge in [-0.3, -0.25) is 14.6 Å². The minimum Gasteiger partial charge on any atom is -0.457 e. The predicted molar refractivity (Wildman–Crippen MR) is 107 cm³/mol. The number of hydrogen-bond acceptors (Lipinski definition) is 7. The Kier molecular flexibility index (Phi) is 5.07. The summed E-state index contributed by atoms with van der Waals surface area (Å²) in [4.78, 5) is 31.6. The summed E-state index contributed by atoms with van der Waals surface area (Å²) < 4.78 is 6.87. The van der Waals surface area contributed by atoms with Crippen molar-refractivity contribution in [1.29, 1.82) is 0 Å². The molecule has 0 saturated carbocycles. The molecule has 3 N–H and O–H groups in total. The predicted octanol–water partition coefficient (Wildman–Crippen LogP) is 2.53. The molecule has 0 aliphatic carbocycles. The third-order valence-electron chi connectivity index (χ3n) is 4.38. The van der Waals surface area contributed by atoms with Crippen LogP contribution >= 0.6 is 11.3 Å². The molecule has 1 aromatic carbocycles. The summed E-state index contributed by atoms with van der Waals surface area (Å²) in [5, 5.41) is 9.61. The molecule has 1 atom stereocenters. The minimum absolute atomic E-state index is 0.0971. The maximum absolute atomic E-state index is 11.7. The third-order valence-corrected chi connectivity index (χ3v) is 5.33. The first-order valence-electron chi connectivity index (χ1n) is 8.90. The van der Waals surface area contributed by atoms with Crippen LogP contribution in [0.15, 0.2) is 36.5 Å². The van der Waals surface area contributed by atoms with E-state index in [1.54, 1.807) is 19.2 Å². The van der Waals surface area contributed by atoms with Gasteiger partial charge in [0.25, 0.3) is 5.91 Å². The number of nitrogens with zero attached hydrogens (tertiary/aromatic N) is 2. The molecule has 1 aliphatic rings. The standard InChI is InChI=1S/C19H19N5O3S/c1-20-18(26)15-8-13(6-7-21-15)27-12-3-4-14-16(9-12)28-19(24-14)23-11-2-5-17(25)22-10-11/h3-4,6-9,11H,2,5,10H2,1H3,(H,20,26)(H,22,25)(H,23,24)/t11-/m0/s1. The summed E-state index contributed by atoms with van der Waals surface area (Å²) in [5.74, 6) is 1.02. The molecule has 0 bridgehead atoms. The summed E-state index contributed by atoms with van der Waals surface area (Å²) in [6.07, 6.45) is 2.87. The van der Waals surface area contributed by atoms with Crippen LogP contribution in [0, 0.1) is 0 Å². The maximum Gasteiger partial charge on any atom is 0.269 e. The van der Waals surface area contributed by atoms with E-state index in [0.29, 0.717) is 30.2 Å². The second-order valence-corrected chi connectivity index (χ2v) is 7.42. The van der Waals surface area contributed by atoms with Crippen LogP contribution in [0.25, 0.3) is 10.2 Å². The van der Waals surface area contributed by atoms with Crippen molar-refractivity contribution in [2.24, 2.45) is 0 Å². The number of amides is 2. The number of rotatable bonds is 5. The molecular weight excluding hydrogens is 378 g/mol. The second-order valence-electron chi connectivity index (χ2n) is 6.39. The van der Waals surface area contributed by atoms with Gasteiger partial charge in [-0.2, -0.15) is 0 Å². The molecule has 1 aliphatic heterocycles. The van der Waals surface area contributed by atoms with E-state index in [0.717, 1.165) is 21.8 Å². The Balaban J connectivity index is 1.49. The average Bonchev–Trinajstić information content (AvgIpc) is 3.11. The number of aromatic nitrogens is 2. The number of hydrogen-bond donors (Lipinski definition) is 3. The number of anilines is 1. The van der Waals surface area contributed by atoms with Gasteiger partial charge in [0.15, 0.2) is 5.13 Å². The normalized spacial score (nSPS) is 16.5. The molecule has 3 heterocycles. The lowest BCUT2D eigenvalue weighted by Crippen LogP contribution is -2.41. The van der Waals surface area contributed by atoms with Crippen molar-refractivity contribution in [3.63, 3.8) is 0 Å². The highest BCUT2D eigenvalue weighted by Gasteiger charge is 2.19. The number of ether oxygens (including phenoxy) is 1. The smallest absolute Gasteiger partial charge is 0.269 e. The average molecular weight is 397 g/mol. The first-order chi connectivity index (χ1) is 13.6. The Morgan fingerprint density at radius 1 is 1.29 bits per heavy atom. The molecule has 0 unspecified atom stereocenters. The van der Waals surface area contributed by atoms with Crippen LogP contribution in [0.5, 0.6) is 11.5 Å². The monoisotopic (exact) mass is 397 g/mol. The molecule has 0 radical (unpaired) electrons. The van der Waals surface area contributed by atoms with Crippen LogP contribution in [0.4, 0.5) is 5.13 Å². The van der Waals surface area contributed by atoms with Gasteiger partial charge >= 0.3 is 0 Å². The summed E-state index contributed by atoms with van der Waals surface area (Å²) in [7, 11) is 1.56. The quantitative estimate of drug-likeness (QED) is 0.611. The van der Waals surface area contributed by atoms with Gasteiger partial charge in [-0.1, -0.05) is 11.3 Å². The fourth-order valence-electron chi connectivity index (χ4n) is 2.92. The van der Waals surface area contributed by atoms with Crippen molar-refractivity contribution < 1.29 is 14.3 Å². The van der Waals surface area contributed by atoms with Crippen molar-refractivity contribution in [2.75, 3.05) is 18.9 Å². The second kappa shape index (κ2) is 7.81. The fourth-order valence-corrected chi connectivity index (χ4v) is 3.89. The van der Waals surface area contributed by atoms with E-state index >= 15 is 0 Å². The van der Waals surface area contributed by atoms with Gasteiger partial charge in [-0.15, -0.1) is 0 Å². The Morgan fingerprint density at radius 3 is 2.93 bits per heavy atom. The van der Waals surface area contributed by atoms with Crippen molar-refractivity contribution in [1.82, 2.24) is 20.6 Å². The Labute approximate surface area is 165 Å². The van der Waals surface area contributed by atoms with E-state index in [2.05, 4.69) is 25.9 Å². The van der Waals surface area contributed by atoms with E-state index in [1.807, 2.05) is 18.2 Å². The molecule has 1 fully saturated rings. The van der Waals surface area contributed by atoms with Crippen LogP contribution in [0.2, 0.25) is 0 Å². The van der Waals surface area contributed by atoms with Gasteiger partial charge in [-0.25, -0.2) is 4.98 Å². The zero-order chi connectivity index (χ0) is 19.5. The molecule has 4 rings (SSSR count). The zero-order valence-electron chi connectivity index (χ0n) is 15.2. The van der Waals surface area contributed by atoms with Crippen molar-refractivity contribution >= 4 is 38.5 Å². The number of carbonyl (C=O) groups excluding carboxylic acids is 2. The maximum atomic E-state index is 11.7. The fraction of sp³-hybridized carbons (Fsp3) is 0.263. The molecule has 3 aromatic rings. The largest absolute Gasteiger partial charge is 0.457 e. The zero-order valence-corrected chi connectivity index (χ0v) is 16.0. The lowest BCUT2D eigenvalue weighted by molar-refractivity contribution is -0.122. The van der Waals surface area contributed by atoms with E-state index in [9.17, 15) is 9.59 Å². The third kappa shape index (κ3) is 4.04. The molecule has 0 spiro atoms. The van der Waals surface area contributed by atoms with Crippen molar-refractivity contribution in [3.05, 3.63) is 42.2 Å². The summed E-state index contributed by atoms with van der Waals surface area (Å²) >= 11 is 1.54. The van der Waals surface area contributed by atoms with E-state index < -0.39 is 0 Å². The molecule has 2 aromatic heterocycles. The number of carbonyl (C=O) groups is 2. The topological polar surface area (TPSA) is 105 Å². The first kappa shape index (κ1) is 18.2. The van der Waals surface area contributed by atoms with Crippen LogP contribution in [0.1, 0.15) is 23.3 Å². The molecule has 28 heavy (non-hydrogen) atoms. The van der Waals surface area contributed by atoms with E-state index in [-0.39, 0.29) is 17.9 Å². The van der Waals surface area contributed by atoms with Crippen LogP contribution in [0.3, 0.4) is 0 Å². The van der Waals surface area contributed by atoms with Crippen molar-refractivity contribution in [3.8, 4) is 11.5 Å². The molecule has 8 nitrogen and oxygen atoms in total. The SMILES string of the molecule is CNC(=O)c1cc(Oc2ccc3nc(N[C@H]4CCC(=O)NC4)sc3c2)ccn1. The lowest BCUT2D eigenvalue weighted by atomic mass is 10.1. The summed E-state index contributed by atoms with van der Waals surface area (Å²) in [5.41, 5.74) is 1.17. The summed E-state index contributed by atoms with van der Waals surface area (Å²) in [6.45, 7) is 0.610. The van der Waals surface area contributed by atoms with E-state index in [4.69, 9.17) is 4.74 Å². The van der Waals surface area contributed by atoms with Crippen LogP contribution in [-0.4, -0.2) is 41.4 Å². The number of pyridine rings is 1. The highest BCUT2D eigenvalue weighted by Crippen LogP contribution is 2.32. The lowest BCUT2D eigenvalue weighted by Gasteiger charge is -2.22. The van der Waals surface area contributed by atoms with E-state index in [1.165, 1.54) is 17.5 Å². The number of thiazole rings is 1. The van der Waals surface area contributed by atoms with Crippen LogP contribution in [-0.2, 0) is 4.79 Å².